The van der Waals surface area contributed by atoms with Crippen LogP contribution in [0, 0.1) is 0 Å². The van der Waals surface area contributed by atoms with Crippen LogP contribution >= 0.6 is 0 Å². The highest BCUT2D eigenvalue weighted by Crippen LogP contribution is 2.30. The molecule has 4 aliphatic rings. The molecule has 4 fully saturated rings. The molecule has 68 heavy (non-hydrogen) atoms. The van der Waals surface area contributed by atoms with Gasteiger partial charge in [0.2, 0.25) is 0 Å². The number of benzene rings is 4. The van der Waals surface area contributed by atoms with E-state index in [1.165, 1.54) is 11.4 Å². The third-order valence-corrected chi connectivity index (χ3v) is 13.0. The zero-order valence-corrected chi connectivity index (χ0v) is 39.5. The molecule has 6 heterocycles. The Bertz CT molecular complexity index is 2410. The molecule has 10 rings (SSSR count). The molecule has 0 saturated carbocycles. The van der Waals surface area contributed by atoms with Crippen molar-refractivity contribution >= 4 is 45.4 Å². The Morgan fingerprint density at radius 2 is 0.824 bits per heavy atom. The smallest absolute Gasteiger partial charge is 0.338 e. The lowest BCUT2D eigenvalue weighted by molar-refractivity contribution is 0.0365. The Morgan fingerprint density at radius 1 is 0.471 bits per heavy atom. The Labute approximate surface area is 398 Å². The minimum absolute atomic E-state index is 0.316. The number of imidazole rings is 2. The number of carbonyl (C=O) groups is 2. The molecular formula is C52H64N8O8. The lowest BCUT2D eigenvalue weighted by atomic mass is 10.1. The van der Waals surface area contributed by atoms with Gasteiger partial charge in [0.05, 0.1) is 99.3 Å². The van der Waals surface area contributed by atoms with Gasteiger partial charge in [-0.15, -0.1) is 0 Å². The predicted octanol–water partition coefficient (Wildman–Crippen LogP) is 6.10. The molecule has 0 spiro atoms. The van der Waals surface area contributed by atoms with E-state index in [-0.39, 0.29) is 11.9 Å². The van der Waals surface area contributed by atoms with E-state index in [1.807, 2.05) is 50.2 Å². The highest BCUT2D eigenvalue weighted by molar-refractivity contribution is 5.95. The second-order valence-electron chi connectivity index (χ2n) is 17.2. The summed E-state index contributed by atoms with van der Waals surface area (Å²) in [5.74, 6) is 1.20. The normalized spacial score (nSPS) is 17.3. The molecule has 0 N–H and O–H groups in total. The average molecular weight is 929 g/mol. The van der Waals surface area contributed by atoms with Crippen molar-refractivity contribution < 1.29 is 38.0 Å². The number of morpholine rings is 4. The maximum Gasteiger partial charge on any atom is 0.338 e. The number of anilines is 2. The molecule has 0 unspecified atom stereocenters. The first-order valence-corrected chi connectivity index (χ1v) is 24.3. The van der Waals surface area contributed by atoms with Gasteiger partial charge in [0.1, 0.15) is 11.6 Å². The van der Waals surface area contributed by atoms with Crippen LogP contribution in [0.1, 0.15) is 34.6 Å². The van der Waals surface area contributed by atoms with Gasteiger partial charge in [0.25, 0.3) is 0 Å². The first-order chi connectivity index (χ1) is 33.4. The van der Waals surface area contributed by atoms with Gasteiger partial charge in [0.15, 0.2) is 0 Å². The fourth-order valence-corrected chi connectivity index (χ4v) is 9.25. The van der Waals surface area contributed by atoms with Crippen LogP contribution in [0.25, 0.3) is 44.8 Å². The average Bonchev–Trinajstić information content (AvgIpc) is 3.96. The fraction of sp³-hybridized carbons (Fsp3) is 0.462. The van der Waals surface area contributed by atoms with E-state index in [0.717, 1.165) is 176 Å². The summed E-state index contributed by atoms with van der Waals surface area (Å²) >= 11 is 0. The number of nitrogens with zero attached hydrogens (tertiary/aromatic N) is 8. The number of esters is 2. The second kappa shape index (κ2) is 22.9. The minimum atomic E-state index is -0.316. The lowest BCUT2D eigenvalue weighted by Crippen LogP contribution is -2.38. The van der Waals surface area contributed by atoms with Crippen molar-refractivity contribution in [1.29, 1.82) is 0 Å². The zero-order chi connectivity index (χ0) is 46.7. The van der Waals surface area contributed by atoms with Crippen LogP contribution in [-0.4, -0.2) is 172 Å². The van der Waals surface area contributed by atoms with Gasteiger partial charge in [-0.25, -0.2) is 19.6 Å². The lowest BCUT2D eigenvalue weighted by Gasteiger charge is -2.29. The molecule has 4 aliphatic heterocycles. The van der Waals surface area contributed by atoms with E-state index in [9.17, 15) is 9.59 Å². The van der Waals surface area contributed by atoms with Gasteiger partial charge < -0.3 is 47.4 Å². The van der Waals surface area contributed by atoms with Crippen molar-refractivity contribution in [2.24, 2.45) is 0 Å². The molecular weight excluding hydrogens is 865 g/mol. The number of carbonyl (C=O) groups excluding carboxylic acids is 2. The summed E-state index contributed by atoms with van der Waals surface area (Å²) in [5, 5.41) is 0. The number of rotatable bonds is 14. The Hall–Kier alpha value is -5.88. The molecule has 360 valence electrons. The van der Waals surface area contributed by atoms with E-state index >= 15 is 0 Å². The first-order valence-electron chi connectivity index (χ1n) is 24.3. The summed E-state index contributed by atoms with van der Waals surface area (Å²) < 4.78 is 36.9. The van der Waals surface area contributed by atoms with Crippen LogP contribution < -0.4 is 9.80 Å². The van der Waals surface area contributed by atoms with E-state index in [0.29, 0.717) is 24.3 Å². The number of ether oxygens (including phenoxy) is 6. The Kier molecular flexibility index (Phi) is 15.9. The minimum Gasteiger partial charge on any atom is -0.462 e. The van der Waals surface area contributed by atoms with E-state index in [4.69, 9.17) is 38.4 Å². The van der Waals surface area contributed by atoms with Crippen LogP contribution in [0.2, 0.25) is 0 Å². The molecule has 0 amide bonds. The molecule has 2 aromatic heterocycles. The highest BCUT2D eigenvalue weighted by atomic mass is 16.5. The summed E-state index contributed by atoms with van der Waals surface area (Å²) in [6.07, 6.45) is 0. The summed E-state index contributed by atoms with van der Waals surface area (Å²) in [5.41, 5.74) is 9.24. The van der Waals surface area contributed by atoms with Crippen LogP contribution in [0.4, 0.5) is 11.4 Å². The van der Waals surface area contributed by atoms with Crippen molar-refractivity contribution in [1.82, 2.24) is 28.9 Å². The molecule has 16 nitrogen and oxygen atoms in total. The third-order valence-electron chi connectivity index (χ3n) is 13.0. The van der Waals surface area contributed by atoms with E-state index in [2.05, 4.69) is 77.3 Å². The van der Waals surface area contributed by atoms with Crippen molar-refractivity contribution in [2.45, 2.75) is 26.9 Å². The topological polar surface area (TPSA) is 138 Å². The quantitative estimate of drug-likeness (QED) is 0.116. The maximum absolute atomic E-state index is 12.3. The number of fused-ring (bicyclic) bond motifs is 2. The SMILES string of the molecule is CCOC(=O)c1ccc2c(c1)nc(-c1ccc(N3CCOCC3)cc1)n2CCN1CCOCC1.CCOC(=O)c1ccc2c(c1)nc(-c1ccc(N3CCOCC3)cc1)n2CCN1CCOCC1. The summed E-state index contributed by atoms with van der Waals surface area (Å²) in [6, 6.07) is 28.5. The highest BCUT2D eigenvalue weighted by Gasteiger charge is 2.21. The van der Waals surface area contributed by atoms with Gasteiger partial charge in [-0.05, 0) is 98.8 Å². The molecule has 16 heteroatoms. The summed E-state index contributed by atoms with van der Waals surface area (Å²) in [4.78, 5) is 44.0. The summed E-state index contributed by atoms with van der Waals surface area (Å²) in [6.45, 7) is 21.4. The zero-order valence-electron chi connectivity index (χ0n) is 39.5. The van der Waals surface area contributed by atoms with Gasteiger partial charge >= 0.3 is 11.9 Å². The molecule has 4 aromatic carbocycles. The van der Waals surface area contributed by atoms with Crippen molar-refractivity contribution in [3.63, 3.8) is 0 Å². The van der Waals surface area contributed by atoms with Crippen LogP contribution in [0.5, 0.6) is 0 Å². The van der Waals surface area contributed by atoms with Crippen LogP contribution in [0.15, 0.2) is 84.9 Å². The third kappa shape index (κ3) is 11.3. The monoisotopic (exact) mass is 928 g/mol. The second-order valence-corrected chi connectivity index (χ2v) is 17.2. The van der Waals surface area contributed by atoms with Gasteiger partial charge in [-0.2, -0.15) is 0 Å². The maximum atomic E-state index is 12.3. The first kappa shape index (κ1) is 47.2. The number of aromatic nitrogens is 4. The van der Waals surface area contributed by atoms with E-state index in [1.54, 1.807) is 0 Å². The number of hydrogen-bond acceptors (Lipinski definition) is 14. The Balaban J connectivity index is 0.000000170. The molecule has 6 aromatic rings. The van der Waals surface area contributed by atoms with Crippen LogP contribution in [-0.2, 0) is 41.5 Å². The Morgan fingerprint density at radius 3 is 1.18 bits per heavy atom. The fourth-order valence-electron chi connectivity index (χ4n) is 9.25. The standard InChI is InChI=1S/2C26H32N4O4/c2*1-2-34-26(31)21-5-8-24-23(19-21)27-25(30(24)10-9-28-11-15-32-16-12-28)20-3-6-22(7-4-20)29-13-17-33-18-14-29/h2*3-8,19H,2,9-18H2,1H3. The van der Waals surface area contributed by atoms with Crippen molar-refractivity contribution in [3.8, 4) is 22.8 Å². The summed E-state index contributed by atoms with van der Waals surface area (Å²) in [7, 11) is 0. The van der Waals surface area contributed by atoms with E-state index < -0.39 is 0 Å². The molecule has 4 saturated heterocycles. The van der Waals surface area contributed by atoms with Crippen LogP contribution in [0.3, 0.4) is 0 Å². The van der Waals surface area contributed by atoms with Gasteiger partial charge in [-0.3, -0.25) is 9.80 Å². The van der Waals surface area contributed by atoms with Gasteiger partial charge in [-0.1, -0.05) is 0 Å². The molecule has 0 aliphatic carbocycles. The van der Waals surface area contributed by atoms with Crippen molar-refractivity contribution in [2.75, 3.05) is 141 Å². The molecule has 0 radical (unpaired) electrons. The molecule has 0 atom stereocenters. The number of hydrogen-bond donors (Lipinski definition) is 0. The largest absolute Gasteiger partial charge is 0.462 e. The predicted molar refractivity (Wildman–Crippen MR) is 263 cm³/mol. The van der Waals surface area contributed by atoms with Crippen molar-refractivity contribution in [3.05, 3.63) is 96.1 Å². The molecule has 0 bridgehead atoms. The van der Waals surface area contributed by atoms with Gasteiger partial charge in [0, 0.05) is 101 Å².